The third kappa shape index (κ3) is 5.07. The summed E-state index contributed by atoms with van der Waals surface area (Å²) >= 11 is 0. The van der Waals surface area contributed by atoms with E-state index in [2.05, 4.69) is 11.9 Å². The molecule has 28 heavy (non-hydrogen) atoms. The summed E-state index contributed by atoms with van der Waals surface area (Å²) in [6.07, 6.45) is 3.66. The quantitative estimate of drug-likeness (QED) is 0.313. The van der Waals surface area contributed by atoms with Gasteiger partial charge in [-0.1, -0.05) is 25.5 Å². The Morgan fingerprint density at radius 2 is 1.93 bits per heavy atom. The second-order valence-corrected chi connectivity index (χ2v) is 6.23. The van der Waals surface area contributed by atoms with Crippen molar-refractivity contribution < 1.29 is 23.8 Å². The summed E-state index contributed by atoms with van der Waals surface area (Å²) in [6.45, 7) is 4.11. The number of ether oxygens (including phenoxy) is 3. The van der Waals surface area contributed by atoms with Crippen LogP contribution < -0.4 is 9.47 Å². The number of aliphatic imine (C=N–C) groups is 1. The van der Waals surface area contributed by atoms with Gasteiger partial charge >= 0.3 is 11.9 Å². The highest BCUT2D eigenvalue weighted by Crippen LogP contribution is 2.22. The zero-order chi connectivity index (χ0) is 19.9. The van der Waals surface area contributed by atoms with Crippen LogP contribution in [0.15, 0.2) is 59.2 Å². The van der Waals surface area contributed by atoms with Gasteiger partial charge in [0.1, 0.15) is 11.5 Å². The molecular weight excluding hydrogens is 358 g/mol. The van der Waals surface area contributed by atoms with Crippen molar-refractivity contribution in [2.75, 3.05) is 6.61 Å². The highest BCUT2D eigenvalue weighted by atomic mass is 16.6. The summed E-state index contributed by atoms with van der Waals surface area (Å²) in [5, 5.41) is 0. The van der Waals surface area contributed by atoms with Crippen molar-refractivity contribution >= 4 is 23.9 Å². The van der Waals surface area contributed by atoms with Crippen LogP contribution in [0.1, 0.15) is 37.8 Å². The summed E-state index contributed by atoms with van der Waals surface area (Å²) in [6, 6.07) is 14.1. The second-order valence-electron chi connectivity index (χ2n) is 6.23. The average Bonchev–Trinajstić information content (AvgIpc) is 3.03. The predicted octanol–water partition coefficient (Wildman–Crippen LogP) is 4.14. The number of hydrogen-bond acceptors (Lipinski definition) is 6. The van der Waals surface area contributed by atoms with Crippen molar-refractivity contribution in [2.45, 2.75) is 26.7 Å². The lowest BCUT2D eigenvalue weighted by Gasteiger charge is -2.05. The molecule has 3 rings (SSSR count). The van der Waals surface area contributed by atoms with E-state index >= 15 is 0 Å². The highest BCUT2D eigenvalue weighted by molar-refractivity contribution is 6.12. The lowest BCUT2D eigenvalue weighted by atomic mass is 10.2. The average molecular weight is 379 g/mol. The fourth-order valence-electron chi connectivity index (χ4n) is 2.55. The van der Waals surface area contributed by atoms with Crippen molar-refractivity contribution in [3.05, 3.63) is 65.4 Å². The van der Waals surface area contributed by atoms with Gasteiger partial charge in [-0.3, -0.25) is 4.79 Å². The van der Waals surface area contributed by atoms with Gasteiger partial charge in [0.25, 0.3) is 0 Å². The van der Waals surface area contributed by atoms with E-state index in [1.165, 1.54) is 6.92 Å². The lowest BCUT2D eigenvalue weighted by molar-refractivity contribution is -0.132. The molecule has 1 aliphatic rings. The van der Waals surface area contributed by atoms with Crippen LogP contribution in [-0.2, 0) is 14.3 Å². The molecule has 1 heterocycles. The Morgan fingerprint density at radius 1 is 1.14 bits per heavy atom. The standard InChI is InChI=1S/C22H21NO5/c1-3-4-12-26-18-10-8-17(9-11-18)21-23-20(22(25)28-21)14-16-6-5-7-19(13-16)27-15(2)24/h5-11,13-14H,3-4,12H2,1-2H3/b20-14-. The summed E-state index contributed by atoms with van der Waals surface area (Å²) in [4.78, 5) is 27.5. The number of nitrogens with zero attached hydrogens (tertiary/aromatic N) is 1. The second kappa shape index (κ2) is 8.99. The van der Waals surface area contributed by atoms with Gasteiger partial charge in [-0.25, -0.2) is 9.79 Å². The van der Waals surface area contributed by atoms with Gasteiger partial charge in [0, 0.05) is 12.5 Å². The molecule has 0 aromatic heterocycles. The molecule has 0 fully saturated rings. The van der Waals surface area contributed by atoms with Crippen LogP contribution in [0, 0.1) is 0 Å². The van der Waals surface area contributed by atoms with Gasteiger partial charge in [-0.05, 0) is 54.5 Å². The molecule has 0 spiro atoms. The fraction of sp³-hybridized carbons (Fsp3) is 0.227. The first kappa shape index (κ1) is 19.4. The zero-order valence-corrected chi connectivity index (χ0v) is 15.8. The molecule has 2 aromatic rings. The molecule has 0 saturated carbocycles. The van der Waals surface area contributed by atoms with E-state index in [1.54, 1.807) is 42.5 Å². The van der Waals surface area contributed by atoms with E-state index in [0.717, 1.165) is 18.6 Å². The van der Waals surface area contributed by atoms with Crippen LogP contribution >= 0.6 is 0 Å². The third-order valence-electron chi connectivity index (χ3n) is 3.91. The molecule has 6 heteroatoms. The molecule has 0 radical (unpaired) electrons. The van der Waals surface area contributed by atoms with E-state index in [9.17, 15) is 9.59 Å². The minimum atomic E-state index is -0.531. The number of esters is 2. The number of rotatable bonds is 7. The Hall–Kier alpha value is -3.41. The van der Waals surface area contributed by atoms with Gasteiger partial charge in [0.2, 0.25) is 5.90 Å². The Balaban J connectivity index is 1.75. The number of hydrogen-bond donors (Lipinski definition) is 0. The maximum Gasteiger partial charge on any atom is 0.363 e. The minimum Gasteiger partial charge on any atom is -0.494 e. The van der Waals surface area contributed by atoms with Crippen molar-refractivity contribution in [1.29, 1.82) is 0 Å². The fourth-order valence-corrected chi connectivity index (χ4v) is 2.55. The maximum absolute atomic E-state index is 12.2. The van der Waals surface area contributed by atoms with E-state index < -0.39 is 11.9 Å². The molecule has 1 aliphatic heterocycles. The molecule has 2 aromatic carbocycles. The Kier molecular flexibility index (Phi) is 6.22. The van der Waals surface area contributed by atoms with Crippen molar-refractivity contribution in [3.8, 4) is 11.5 Å². The van der Waals surface area contributed by atoms with E-state index in [-0.39, 0.29) is 11.6 Å². The summed E-state index contributed by atoms with van der Waals surface area (Å²) < 4.78 is 16.0. The van der Waals surface area contributed by atoms with Gasteiger partial charge in [0.05, 0.1) is 6.61 Å². The zero-order valence-electron chi connectivity index (χ0n) is 15.8. The monoisotopic (exact) mass is 379 g/mol. The maximum atomic E-state index is 12.2. The molecule has 0 saturated heterocycles. The Morgan fingerprint density at radius 3 is 2.64 bits per heavy atom. The van der Waals surface area contributed by atoms with Crippen LogP contribution in [0.4, 0.5) is 0 Å². The first-order valence-corrected chi connectivity index (χ1v) is 9.09. The first-order valence-electron chi connectivity index (χ1n) is 9.09. The van der Waals surface area contributed by atoms with Gasteiger partial charge in [0.15, 0.2) is 5.70 Å². The number of unbranched alkanes of at least 4 members (excludes halogenated alkanes) is 1. The van der Waals surface area contributed by atoms with Crippen LogP contribution in [0.5, 0.6) is 11.5 Å². The van der Waals surface area contributed by atoms with Gasteiger partial charge in [-0.2, -0.15) is 0 Å². The SMILES string of the molecule is CCCCOc1ccc(C2=N/C(=C\c3cccc(OC(C)=O)c3)C(=O)O2)cc1. The van der Waals surface area contributed by atoms with E-state index in [4.69, 9.17) is 14.2 Å². The summed E-state index contributed by atoms with van der Waals surface area (Å²) in [7, 11) is 0. The van der Waals surface area contributed by atoms with Gasteiger partial charge in [-0.15, -0.1) is 0 Å². The van der Waals surface area contributed by atoms with Crippen molar-refractivity contribution in [1.82, 2.24) is 0 Å². The smallest absolute Gasteiger partial charge is 0.363 e. The number of carbonyl (C=O) groups is 2. The van der Waals surface area contributed by atoms with E-state index in [1.807, 2.05) is 12.1 Å². The number of carbonyl (C=O) groups excluding carboxylic acids is 2. The van der Waals surface area contributed by atoms with Crippen LogP contribution in [0.25, 0.3) is 6.08 Å². The summed E-state index contributed by atoms with van der Waals surface area (Å²) in [5.41, 5.74) is 1.54. The van der Waals surface area contributed by atoms with Crippen molar-refractivity contribution in [2.24, 2.45) is 4.99 Å². The Labute approximate surface area is 163 Å². The predicted molar refractivity (Wildman–Crippen MR) is 105 cm³/mol. The third-order valence-corrected chi connectivity index (χ3v) is 3.91. The lowest BCUT2D eigenvalue weighted by Crippen LogP contribution is -2.05. The van der Waals surface area contributed by atoms with Crippen LogP contribution in [-0.4, -0.2) is 24.4 Å². The van der Waals surface area contributed by atoms with Crippen LogP contribution in [0.2, 0.25) is 0 Å². The van der Waals surface area contributed by atoms with E-state index in [0.29, 0.717) is 23.5 Å². The number of cyclic esters (lactones) is 1. The first-order chi connectivity index (χ1) is 13.5. The molecule has 144 valence electrons. The normalized spacial score (nSPS) is 14.6. The Bertz CT molecular complexity index is 928. The topological polar surface area (TPSA) is 74.2 Å². The molecule has 0 unspecified atom stereocenters. The molecule has 0 aliphatic carbocycles. The molecule has 0 atom stereocenters. The highest BCUT2D eigenvalue weighted by Gasteiger charge is 2.24. The largest absolute Gasteiger partial charge is 0.494 e. The molecule has 0 bridgehead atoms. The van der Waals surface area contributed by atoms with Gasteiger partial charge < -0.3 is 14.2 Å². The molecule has 0 amide bonds. The molecule has 6 nitrogen and oxygen atoms in total. The number of benzene rings is 2. The molecular formula is C22H21NO5. The van der Waals surface area contributed by atoms with Crippen LogP contribution in [0.3, 0.4) is 0 Å². The minimum absolute atomic E-state index is 0.179. The summed E-state index contributed by atoms with van der Waals surface area (Å²) in [5.74, 6) is 0.465. The van der Waals surface area contributed by atoms with Crippen molar-refractivity contribution in [3.63, 3.8) is 0 Å². The molecule has 0 N–H and O–H groups in total.